The molecule has 0 saturated carbocycles. The van der Waals surface area contributed by atoms with E-state index < -0.39 is 11.7 Å². The van der Waals surface area contributed by atoms with E-state index in [0.717, 1.165) is 0 Å². The van der Waals surface area contributed by atoms with Crippen LogP contribution in [0, 0.1) is 5.82 Å². The van der Waals surface area contributed by atoms with E-state index in [4.69, 9.17) is 23.2 Å². The highest BCUT2D eigenvalue weighted by Gasteiger charge is 2.14. The van der Waals surface area contributed by atoms with E-state index in [1.54, 1.807) is 6.07 Å². The third-order valence-electron chi connectivity index (χ3n) is 2.18. The lowest BCUT2D eigenvalue weighted by atomic mass is 10.2. The molecular formula is C12H7Cl2FN2O. The number of anilines is 1. The topological polar surface area (TPSA) is 42.0 Å². The van der Waals surface area contributed by atoms with Gasteiger partial charge in [0.2, 0.25) is 0 Å². The molecule has 0 radical (unpaired) electrons. The van der Waals surface area contributed by atoms with Crippen LogP contribution in [0.15, 0.2) is 36.5 Å². The number of carbonyl (C=O) groups excluding carboxylic acids is 1. The first-order valence-corrected chi connectivity index (χ1v) is 5.70. The molecule has 6 heteroatoms. The molecule has 0 aliphatic rings. The minimum atomic E-state index is -0.753. The van der Waals surface area contributed by atoms with Crippen molar-refractivity contribution in [2.45, 2.75) is 0 Å². The lowest BCUT2D eigenvalue weighted by molar-refractivity contribution is 0.102. The van der Waals surface area contributed by atoms with Gasteiger partial charge in [-0.15, -0.1) is 0 Å². The number of amides is 1. The summed E-state index contributed by atoms with van der Waals surface area (Å²) in [6, 6.07) is 7.23. The van der Waals surface area contributed by atoms with Crippen molar-refractivity contribution in [3.05, 3.63) is 58.1 Å². The van der Waals surface area contributed by atoms with Gasteiger partial charge in [-0.1, -0.05) is 29.3 Å². The number of rotatable bonds is 2. The number of aromatic nitrogens is 1. The summed E-state index contributed by atoms with van der Waals surface area (Å²) in [5, 5.41) is 2.64. The molecule has 0 atom stereocenters. The molecule has 0 spiro atoms. The quantitative estimate of drug-likeness (QED) is 0.853. The second-order valence-corrected chi connectivity index (χ2v) is 4.22. The van der Waals surface area contributed by atoms with Crippen LogP contribution in [0.2, 0.25) is 10.2 Å². The van der Waals surface area contributed by atoms with Crippen molar-refractivity contribution in [2.24, 2.45) is 0 Å². The summed E-state index contributed by atoms with van der Waals surface area (Å²) in [4.78, 5) is 15.6. The summed E-state index contributed by atoms with van der Waals surface area (Å²) in [6.07, 6.45) is 1.44. The van der Waals surface area contributed by atoms with Crippen molar-refractivity contribution in [1.29, 1.82) is 0 Å². The third kappa shape index (κ3) is 2.78. The van der Waals surface area contributed by atoms with Crippen LogP contribution in [-0.4, -0.2) is 10.9 Å². The minimum absolute atomic E-state index is 0.101. The highest BCUT2D eigenvalue weighted by atomic mass is 35.5. The number of benzene rings is 1. The summed E-state index contributed by atoms with van der Waals surface area (Å²) in [6.45, 7) is 0. The Bertz CT molecular complexity index is 604. The molecular weight excluding hydrogens is 278 g/mol. The molecule has 1 heterocycles. The number of hydrogen-bond donors (Lipinski definition) is 1. The molecule has 0 aliphatic heterocycles. The average Bonchev–Trinajstić information content (AvgIpc) is 2.32. The normalized spacial score (nSPS) is 10.2. The van der Waals surface area contributed by atoms with E-state index in [9.17, 15) is 9.18 Å². The van der Waals surface area contributed by atoms with Crippen LogP contribution in [0.5, 0.6) is 0 Å². The maximum Gasteiger partial charge on any atom is 0.258 e. The summed E-state index contributed by atoms with van der Waals surface area (Å²) in [5.41, 5.74) is 0.301. The Labute approximate surface area is 113 Å². The molecule has 1 amide bonds. The van der Waals surface area contributed by atoms with Crippen LogP contribution in [0.3, 0.4) is 0 Å². The molecule has 2 aromatic rings. The molecule has 3 nitrogen and oxygen atoms in total. The van der Waals surface area contributed by atoms with Gasteiger partial charge in [-0.2, -0.15) is 0 Å². The molecule has 18 heavy (non-hydrogen) atoms. The van der Waals surface area contributed by atoms with E-state index in [1.165, 1.54) is 30.5 Å². The molecule has 0 bridgehead atoms. The van der Waals surface area contributed by atoms with Crippen molar-refractivity contribution in [3.63, 3.8) is 0 Å². The number of pyridine rings is 1. The van der Waals surface area contributed by atoms with Crippen LogP contribution in [0.4, 0.5) is 10.1 Å². The largest absolute Gasteiger partial charge is 0.322 e. The van der Waals surface area contributed by atoms with Crippen LogP contribution in [-0.2, 0) is 0 Å². The van der Waals surface area contributed by atoms with Gasteiger partial charge in [0, 0.05) is 11.9 Å². The van der Waals surface area contributed by atoms with Crippen LogP contribution in [0.25, 0.3) is 0 Å². The fourth-order valence-electron chi connectivity index (χ4n) is 1.36. The summed E-state index contributed by atoms with van der Waals surface area (Å²) >= 11 is 11.3. The van der Waals surface area contributed by atoms with Gasteiger partial charge >= 0.3 is 0 Å². The van der Waals surface area contributed by atoms with E-state index >= 15 is 0 Å². The van der Waals surface area contributed by atoms with E-state index in [2.05, 4.69) is 10.3 Å². The molecule has 0 unspecified atom stereocenters. The number of nitrogens with one attached hydrogen (secondary N) is 1. The molecule has 0 aliphatic carbocycles. The lowest BCUT2D eigenvalue weighted by Crippen LogP contribution is -2.13. The summed E-state index contributed by atoms with van der Waals surface area (Å²) in [7, 11) is 0. The standard InChI is InChI=1S/C12H7Cl2FN2O/c13-9-3-1-2-8(11(9)15)12(18)17-7-4-5-16-10(14)6-7/h1-6H,(H,16,17,18). The number of halogens is 3. The zero-order chi connectivity index (χ0) is 13.1. The number of carbonyl (C=O) groups is 1. The maximum absolute atomic E-state index is 13.6. The van der Waals surface area contributed by atoms with E-state index in [1.807, 2.05) is 0 Å². The van der Waals surface area contributed by atoms with Gasteiger partial charge in [0.05, 0.1) is 10.6 Å². The van der Waals surface area contributed by atoms with E-state index in [-0.39, 0.29) is 15.7 Å². The number of nitrogens with zero attached hydrogens (tertiary/aromatic N) is 1. The summed E-state index contributed by atoms with van der Waals surface area (Å²) in [5.74, 6) is -1.35. The Morgan fingerprint density at radius 2 is 2.06 bits per heavy atom. The predicted octanol–water partition coefficient (Wildman–Crippen LogP) is 3.78. The van der Waals surface area contributed by atoms with Crippen molar-refractivity contribution in [3.8, 4) is 0 Å². The van der Waals surface area contributed by atoms with Crippen molar-refractivity contribution < 1.29 is 9.18 Å². The Kier molecular flexibility index (Phi) is 3.79. The highest BCUT2D eigenvalue weighted by molar-refractivity contribution is 6.31. The van der Waals surface area contributed by atoms with Crippen molar-refractivity contribution in [2.75, 3.05) is 5.32 Å². The summed E-state index contributed by atoms with van der Waals surface area (Å²) < 4.78 is 13.6. The number of hydrogen-bond acceptors (Lipinski definition) is 2. The fourth-order valence-corrected chi connectivity index (χ4v) is 1.71. The SMILES string of the molecule is O=C(Nc1ccnc(Cl)c1)c1cccc(Cl)c1F. The molecule has 1 N–H and O–H groups in total. The van der Waals surface area contributed by atoms with Crippen molar-refractivity contribution in [1.82, 2.24) is 4.98 Å². The van der Waals surface area contributed by atoms with Gasteiger partial charge in [-0.05, 0) is 24.3 Å². The third-order valence-corrected chi connectivity index (χ3v) is 2.68. The minimum Gasteiger partial charge on any atom is -0.322 e. The van der Waals surface area contributed by atoms with E-state index in [0.29, 0.717) is 5.69 Å². The Balaban J connectivity index is 2.25. The molecule has 0 saturated heterocycles. The van der Waals surface area contributed by atoms with Gasteiger partial charge in [0.15, 0.2) is 5.82 Å². The monoisotopic (exact) mass is 284 g/mol. The second-order valence-electron chi connectivity index (χ2n) is 3.42. The van der Waals surface area contributed by atoms with Gasteiger partial charge in [-0.3, -0.25) is 4.79 Å². The Morgan fingerprint density at radius 3 is 2.78 bits per heavy atom. The highest BCUT2D eigenvalue weighted by Crippen LogP contribution is 2.19. The Hall–Kier alpha value is -1.65. The van der Waals surface area contributed by atoms with Gasteiger partial charge in [0.1, 0.15) is 5.15 Å². The Morgan fingerprint density at radius 1 is 1.28 bits per heavy atom. The smallest absolute Gasteiger partial charge is 0.258 e. The zero-order valence-electron chi connectivity index (χ0n) is 8.95. The molecule has 92 valence electrons. The second kappa shape index (κ2) is 5.33. The van der Waals surface area contributed by atoms with Gasteiger partial charge < -0.3 is 5.32 Å². The molecule has 0 fully saturated rings. The van der Waals surface area contributed by atoms with Crippen LogP contribution < -0.4 is 5.32 Å². The van der Waals surface area contributed by atoms with Gasteiger partial charge in [-0.25, -0.2) is 9.37 Å². The molecule has 1 aromatic carbocycles. The lowest BCUT2D eigenvalue weighted by Gasteiger charge is -2.06. The zero-order valence-corrected chi connectivity index (χ0v) is 10.5. The average molecular weight is 285 g/mol. The van der Waals surface area contributed by atoms with Crippen LogP contribution in [0.1, 0.15) is 10.4 Å². The first-order chi connectivity index (χ1) is 8.58. The maximum atomic E-state index is 13.6. The van der Waals surface area contributed by atoms with Gasteiger partial charge in [0.25, 0.3) is 5.91 Å². The molecule has 2 rings (SSSR count). The molecule has 1 aromatic heterocycles. The van der Waals surface area contributed by atoms with Crippen molar-refractivity contribution >= 4 is 34.8 Å². The van der Waals surface area contributed by atoms with Crippen LogP contribution >= 0.6 is 23.2 Å². The predicted molar refractivity (Wildman–Crippen MR) is 68.6 cm³/mol. The first-order valence-electron chi connectivity index (χ1n) is 4.95. The fraction of sp³-hybridized carbons (Fsp3) is 0. The first kappa shape index (κ1) is 12.8.